The van der Waals surface area contributed by atoms with Gasteiger partial charge in [0, 0.05) is 18.7 Å². The van der Waals surface area contributed by atoms with Crippen LogP contribution in [0, 0.1) is 0 Å². The molecule has 0 saturated heterocycles. The van der Waals surface area contributed by atoms with Gasteiger partial charge in [-0.25, -0.2) is 15.3 Å². The number of carbonyl (C=O) groups is 2. The summed E-state index contributed by atoms with van der Waals surface area (Å²) in [6.45, 7) is 1.61. The summed E-state index contributed by atoms with van der Waals surface area (Å²) in [7, 11) is 2.91. The summed E-state index contributed by atoms with van der Waals surface area (Å²) in [4.78, 5) is 42.2. The summed E-state index contributed by atoms with van der Waals surface area (Å²) in [6.07, 6.45) is 0. The number of hydrogen-bond donors (Lipinski definition) is 1. The van der Waals surface area contributed by atoms with Gasteiger partial charge >= 0.3 is 5.97 Å². The van der Waals surface area contributed by atoms with Crippen LogP contribution in [0.2, 0.25) is 0 Å². The number of oxime groups is 1. The minimum Gasteiger partial charge on any atom is -0.465 e. The fourth-order valence-electron chi connectivity index (χ4n) is 4.43. The van der Waals surface area contributed by atoms with E-state index in [2.05, 4.69) is 15.2 Å². The Labute approximate surface area is 219 Å². The average molecular weight is 514 g/mol. The lowest BCUT2D eigenvalue weighted by Gasteiger charge is -2.18. The van der Waals surface area contributed by atoms with E-state index < -0.39 is 5.97 Å². The first-order valence-corrected chi connectivity index (χ1v) is 12.1. The minimum atomic E-state index is -0.408. The van der Waals surface area contributed by atoms with Crippen molar-refractivity contribution in [3.05, 3.63) is 95.3 Å². The number of hydroxylamine groups is 1. The second-order valence-corrected chi connectivity index (χ2v) is 8.58. The van der Waals surface area contributed by atoms with Crippen molar-refractivity contribution in [3.8, 4) is 0 Å². The molecule has 0 bridgehead atoms. The van der Waals surface area contributed by atoms with Gasteiger partial charge in [0.1, 0.15) is 12.4 Å². The molecule has 1 aliphatic rings. The van der Waals surface area contributed by atoms with Crippen molar-refractivity contribution < 1.29 is 24.0 Å². The molecule has 10 heteroatoms. The quantitative estimate of drug-likeness (QED) is 0.197. The summed E-state index contributed by atoms with van der Waals surface area (Å²) in [6, 6.07) is 22.2. The Morgan fingerprint density at radius 2 is 1.76 bits per heavy atom. The number of nitrogens with one attached hydrogen (secondary N) is 1. The van der Waals surface area contributed by atoms with Crippen molar-refractivity contribution in [2.24, 2.45) is 5.16 Å². The maximum absolute atomic E-state index is 13.5. The molecule has 3 aromatic carbocycles. The topological polar surface area (TPSA) is 107 Å². The monoisotopic (exact) mass is 513 g/mol. The zero-order valence-corrected chi connectivity index (χ0v) is 21.1. The lowest BCUT2D eigenvalue weighted by Crippen LogP contribution is -2.31. The maximum Gasteiger partial charge on any atom is 0.337 e. The predicted octanol–water partition coefficient (Wildman–Crippen LogP) is 3.44. The van der Waals surface area contributed by atoms with Crippen LogP contribution in [0.4, 0.5) is 5.69 Å². The number of nitrogens with zero attached hydrogens (tertiary/aromatic N) is 4. The molecule has 10 nitrogen and oxygen atoms in total. The standard InChI is InChI=1S/C28H27N5O5/c1-36-28(35)20-13-11-19(12-14-20)18-38-31-26-21-7-3-5-9-23(21)33(27(26)34)17-25-30-22-8-4-6-10-24(22)32(25)16-15-29-37-2/h3-14,29H,15-18H2,1-2H3/b31-26+. The highest BCUT2D eigenvalue weighted by molar-refractivity contribution is 6.54. The Morgan fingerprint density at radius 1 is 1.00 bits per heavy atom. The van der Waals surface area contributed by atoms with Crippen molar-refractivity contribution in [1.29, 1.82) is 0 Å². The average Bonchev–Trinajstić information content (AvgIpc) is 3.43. The van der Waals surface area contributed by atoms with E-state index in [4.69, 9.17) is 19.4 Å². The Morgan fingerprint density at radius 3 is 2.55 bits per heavy atom. The summed E-state index contributed by atoms with van der Waals surface area (Å²) >= 11 is 0. The Hall–Kier alpha value is -4.54. The molecule has 0 spiro atoms. The first-order chi connectivity index (χ1) is 18.6. The predicted molar refractivity (Wildman–Crippen MR) is 141 cm³/mol. The van der Waals surface area contributed by atoms with Gasteiger partial charge in [0.25, 0.3) is 5.91 Å². The number of imidazole rings is 1. The largest absolute Gasteiger partial charge is 0.465 e. The molecule has 1 amide bonds. The number of anilines is 1. The smallest absolute Gasteiger partial charge is 0.337 e. The van der Waals surface area contributed by atoms with Gasteiger partial charge in [0.2, 0.25) is 0 Å². The van der Waals surface area contributed by atoms with E-state index in [1.54, 1.807) is 36.3 Å². The first-order valence-electron chi connectivity index (χ1n) is 12.1. The van der Waals surface area contributed by atoms with Crippen molar-refractivity contribution in [1.82, 2.24) is 15.0 Å². The van der Waals surface area contributed by atoms with Crippen LogP contribution in [0.1, 0.15) is 27.3 Å². The molecule has 0 aliphatic carbocycles. The number of methoxy groups -OCH3 is 1. The molecule has 0 fully saturated rings. The lowest BCUT2D eigenvalue weighted by atomic mass is 10.1. The first kappa shape index (κ1) is 25.1. The van der Waals surface area contributed by atoms with Crippen LogP contribution in [0.3, 0.4) is 0 Å². The van der Waals surface area contributed by atoms with Gasteiger partial charge in [-0.1, -0.05) is 47.6 Å². The van der Waals surface area contributed by atoms with E-state index in [1.165, 1.54) is 7.11 Å². The van der Waals surface area contributed by atoms with Crippen LogP contribution in [0.15, 0.2) is 78.0 Å². The van der Waals surface area contributed by atoms with Crippen LogP contribution in [-0.4, -0.2) is 47.9 Å². The van der Waals surface area contributed by atoms with Crippen LogP contribution < -0.4 is 10.4 Å². The highest BCUT2D eigenvalue weighted by atomic mass is 16.6. The third-order valence-electron chi connectivity index (χ3n) is 6.27. The molecule has 194 valence electrons. The van der Waals surface area contributed by atoms with Gasteiger partial charge in [0.05, 0.1) is 43.0 Å². The third kappa shape index (κ3) is 4.99. The van der Waals surface area contributed by atoms with Gasteiger partial charge in [0.15, 0.2) is 5.71 Å². The maximum atomic E-state index is 13.5. The van der Waals surface area contributed by atoms with Gasteiger partial charge in [-0.2, -0.15) is 0 Å². The van der Waals surface area contributed by atoms with Gasteiger partial charge < -0.3 is 19.0 Å². The van der Waals surface area contributed by atoms with Crippen molar-refractivity contribution in [2.45, 2.75) is 19.7 Å². The Balaban J connectivity index is 1.37. The van der Waals surface area contributed by atoms with E-state index >= 15 is 0 Å². The molecule has 0 unspecified atom stereocenters. The Bertz CT molecular complexity index is 1500. The summed E-state index contributed by atoms with van der Waals surface area (Å²) < 4.78 is 6.81. The third-order valence-corrected chi connectivity index (χ3v) is 6.27. The van der Waals surface area contributed by atoms with Gasteiger partial charge in [-0.3, -0.25) is 9.69 Å². The SMILES string of the molecule is CONCCn1c(CN2C(=O)/C(=N/OCc3ccc(C(=O)OC)cc3)c3ccccc32)nc2ccccc21. The summed E-state index contributed by atoms with van der Waals surface area (Å²) in [5, 5.41) is 4.21. The molecule has 38 heavy (non-hydrogen) atoms. The molecule has 1 aromatic heterocycles. The van der Waals surface area contributed by atoms with Crippen LogP contribution in [0.5, 0.6) is 0 Å². The number of rotatable bonds is 10. The number of amides is 1. The van der Waals surface area contributed by atoms with Crippen molar-refractivity contribution in [2.75, 3.05) is 25.7 Å². The molecule has 5 rings (SSSR count). The molecule has 0 saturated carbocycles. The zero-order chi connectivity index (χ0) is 26.5. The van der Waals surface area contributed by atoms with Crippen molar-refractivity contribution >= 4 is 34.3 Å². The van der Waals surface area contributed by atoms with Crippen LogP contribution in [-0.2, 0) is 38.9 Å². The normalized spacial score (nSPS) is 13.8. The number of esters is 1. The zero-order valence-electron chi connectivity index (χ0n) is 21.1. The molecule has 4 aromatic rings. The number of ether oxygens (including phenoxy) is 1. The van der Waals surface area contributed by atoms with Crippen LogP contribution in [0.25, 0.3) is 11.0 Å². The number of hydrogen-bond acceptors (Lipinski definition) is 8. The summed E-state index contributed by atoms with van der Waals surface area (Å²) in [5.74, 6) is 0.0791. The molecule has 1 aliphatic heterocycles. The van der Waals surface area contributed by atoms with E-state index in [1.807, 2.05) is 48.5 Å². The molecule has 2 heterocycles. The minimum absolute atomic E-state index is 0.142. The van der Waals surface area contributed by atoms with E-state index in [9.17, 15) is 9.59 Å². The van der Waals surface area contributed by atoms with E-state index in [-0.39, 0.29) is 24.8 Å². The molecular weight excluding hydrogens is 486 g/mol. The number of fused-ring (bicyclic) bond motifs is 2. The summed E-state index contributed by atoms with van der Waals surface area (Å²) in [5.41, 5.74) is 7.63. The van der Waals surface area contributed by atoms with E-state index in [0.717, 1.165) is 28.1 Å². The molecule has 0 radical (unpaired) electrons. The number of benzene rings is 3. The van der Waals surface area contributed by atoms with Gasteiger partial charge in [-0.15, -0.1) is 0 Å². The number of carbonyl (C=O) groups excluding carboxylic acids is 2. The second kappa shape index (κ2) is 11.2. The Kier molecular flexibility index (Phi) is 7.43. The lowest BCUT2D eigenvalue weighted by molar-refractivity contribution is -0.112. The van der Waals surface area contributed by atoms with Gasteiger partial charge in [-0.05, 0) is 35.9 Å². The number of para-hydroxylation sites is 3. The molecule has 1 N–H and O–H groups in total. The molecular formula is C28H27N5O5. The highest BCUT2D eigenvalue weighted by Gasteiger charge is 2.35. The fraction of sp³-hybridized carbons (Fsp3) is 0.214. The number of aromatic nitrogens is 2. The van der Waals surface area contributed by atoms with E-state index in [0.29, 0.717) is 24.2 Å². The second-order valence-electron chi connectivity index (χ2n) is 8.58. The highest BCUT2D eigenvalue weighted by Crippen LogP contribution is 2.31. The molecule has 0 atom stereocenters. The fourth-order valence-corrected chi connectivity index (χ4v) is 4.43. The van der Waals surface area contributed by atoms with Crippen molar-refractivity contribution in [3.63, 3.8) is 0 Å². The van der Waals surface area contributed by atoms with Crippen LogP contribution >= 0.6 is 0 Å².